The monoisotopic (exact) mass is 486 g/mol. The standard InChI is InChI=1S/C9H16O2.C7H5F3O.C7H8N2O3/c1-4-6-7-8(3)11-9(10)5-2;8-7(9,10)5-1-3-6(11)4-2-5;1-12-4-2-3-9-5(6(4)10)7(8)11/h4,8H,1,5-7H2,2-3H3;1-4,11H;2-3,10H,1H3,(H2,8,11). The van der Waals surface area contributed by atoms with Crippen molar-refractivity contribution in [2.24, 2.45) is 5.73 Å². The minimum atomic E-state index is -4.33. The number of esters is 1. The van der Waals surface area contributed by atoms with E-state index < -0.39 is 17.6 Å². The number of alkyl halides is 3. The van der Waals surface area contributed by atoms with Gasteiger partial charge in [0.2, 0.25) is 0 Å². The first-order valence-electron chi connectivity index (χ1n) is 10.1. The topological polar surface area (TPSA) is 132 Å². The van der Waals surface area contributed by atoms with Gasteiger partial charge in [-0.3, -0.25) is 9.59 Å². The normalized spacial score (nSPS) is 11.0. The number of pyridine rings is 1. The molecule has 0 saturated heterocycles. The van der Waals surface area contributed by atoms with Crippen molar-refractivity contribution in [1.29, 1.82) is 0 Å². The van der Waals surface area contributed by atoms with Crippen LogP contribution in [-0.4, -0.2) is 40.3 Å². The van der Waals surface area contributed by atoms with Crippen LogP contribution in [0.1, 0.15) is 49.2 Å². The summed E-state index contributed by atoms with van der Waals surface area (Å²) in [6.45, 7) is 7.29. The van der Waals surface area contributed by atoms with Crippen LogP contribution < -0.4 is 10.5 Å². The second-order valence-electron chi connectivity index (χ2n) is 6.64. The maximum Gasteiger partial charge on any atom is 0.416 e. The molecule has 2 aromatic rings. The molecule has 34 heavy (non-hydrogen) atoms. The number of hydrogen-bond acceptors (Lipinski definition) is 7. The Hall–Kier alpha value is -3.76. The molecule has 0 spiro atoms. The Labute approximate surface area is 195 Å². The fourth-order valence-electron chi connectivity index (χ4n) is 2.15. The summed E-state index contributed by atoms with van der Waals surface area (Å²) >= 11 is 0. The number of halogens is 3. The number of nitrogens with two attached hydrogens (primary N) is 1. The van der Waals surface area contributed by atoms with Gasteiger partial charge in [-0.15, -0.1) is 6.58 Å². The number of carbonyl (C=O) groups excluding carboxylic acids is 2. The molecule has 2 rings (SSSR count). The van der Waals surface area contributed by atoms with E-state index in [4.69, 9.17) is 20.3 Å². The predicted octanol–water partition coefficient (Wildman–Crippen LogP) is 4.60. The lowest BCUT2D eigenvalue weighted by molar-refractivity contribution is -0.148. The number of aromatic nitrogens is 1. The number of aromatic hydroxyl groups is 2. The summed E-state index contributed by atoms with van der Waals surface area (Å²) in [5.74, 6) is -1.22. The molecule has 0 aliphatic carbocycles. The summed E-state index contributed by atoms with van der Waals surface area (Å²) in [7, 11) is 1.37. The molecule has 1 amide bonds. The minimum absolute atomic E-state index is 0.0282. The van der Waals surface area contributed by atoms with Gasteiger partial charge in [-0.25, -0.2) is 4.98 Å². The number of hydrogen-bond donors (Lipinski definition) is 3. The number of ether oxygens (including phenoxy) is 2. The van der Waals surface area contributed by atoms with Gasteiger partial charge in [-0.1, -0.05) is 13.0 Å². The SMILES string of the molecule is C=CCCC(C)OC(=O)CC.COc1ccnc(C(N)=O)c1O.Oc1ccc(C(F)(F)F)cc1. The maximum atomic E-state index is 11.8. The van der Waals surface area contributed by atoms with Crippen LogP contribution >= 0.6 is 0 Å². The third-order valence-electron chi connectivity index (χ3n) is 3.93. The highest BCUT2D eigenvalue weighted by molar-refractivity contribution is 5.94. The molecule has 0 saturated carbocycles. The van der Waals surface area contributed by atoms with Crippen molar-refractivity contribution in [3.05, 3.63) is 60.4 Å². The molecule has 11 heteroatoms. The molecule has 0 aliphatic rings. The highest BCUT2D eigenvalue weighted by atomic mass is 19.4. The van der Waals surface area contributed by atoms with Crippen LogP contribution in [0.15, 0.2) is 49.2 Å². The molecule has 0 aliphatic heterocycles. The van der Waals surface area contributed by atoms with Crippen molar-refractivity contribution in [3.8, 4) is 17.2 Å². The number of phenols is 1. The summed E-state index contributed by atoms with van der Waals surface area (Å²) in [5.41, 5.74) is 3.98. The molecule has 188 valence electrons. The van der Waals surface area contributed by atoms with Crippen LogP contribution in [0.5, 0.6) is 17.2 Å². The van der Waals surface area contributed by atoms with E-state index >= 15 is 0 Å². The Balaban J connectivity index is 0.000000481. The van der Waals surface area contributed by atoms with Crippen molar-refractivity contribution in [2.75, 3.05) is 7.11 Å². The Morgan fingerprint density at radius 3 is 2.24 bits per heavy atom. The van der Waals surface area contributed by atoms with Gasteiger partial charge in [0.05, 0.1) is 18.8 Å². The first-order chi connectivity index (χ1) is 15.9. The molecule has 1 atom stereocenters. The van der Waals surface area contributed by atoms with Crippen LogP contribution in [0.4, 0.5) is 13.2 Å². The van der Waals surface area contributed by atoms with E-state index in [0.717, 1.165) is 37.1 Å². The Morgan fingerprint density at radius 1 is 1.21 bits per heavy atom. The quantitative estimate of drug-likeness (QED) is 0.385. The van der Waals surface area contributed by atoms with Crippen molar-refractivity contribution < 1.29 is 42.4 Å². The van der Waals surface area contributed by atoms with E-state index in [-0.39, 0.29) is 35.0 Å². The van der Waals surface area contributed by atoms with Gasteiger partial charge >= 0.3 is 12.1 Å². The number of benzene rings is 1. The van der Waals surface area contributed by atoms with E-state index in [1.54, 1.807) is 6.92 Å². The van der Waals surface area contributed by atoms with Crippen LogP contribution in [0.3, 0.4) is 0 Å². The lowest BCUT2D eigenvalue weighted by atomic mass is 10.2. The van der Waals surface area contributed by atoms with Gasteiger partial charge < -0.3 is 25.4 Å². The molecule has 1 heterocycles. The van der Waals surface area contributed by atoms with E-state index in [0.29, 0.717) is 6.42 Å². The van der Waals surface area contributed by atoms with E-state index in [9.17, 15) is 27.9 Å². The lowest BCUT2D eigenvalue weighted by Crippen LogP contribution is -2.13. The lowest BCUT2D eigenvalue weighted by Gasteiger charge is -2.10. The van der Waals surface area contributed by atoms with Gasteiger partial charge in [0.1, 0.15) is 5.75 Å². The predicted molar refractivity (Wildman–Crippen MR) is 119 cm³/mol. The zero-order valence-corrected chi connectivity index (χ0v) is 19.1. The van der Waals surface area contributed by atoms with Gasteiger partial charge in [-0.2, -0.15) is 13.2 Å². The average molecular weight is 486 g/mol. The summed E-state index contributed by atoms with van der Waals surface area (Å²) < 4.78 is 45.3. The maximum absolute atomic E-state index is 11.8. The highest BCUT2D eigenvalue weighted by Gasteiger charge is 2.29. The average Bonchev–Trinajstić information content (AvgIpc) is 2.78. The minimum Gasteiger partial charge on any atom is -0.508 e. The zero-order valence-electron chi connectivity index (χ0n) is 19.1. The molecule has 1 aromatic carbocycles. The molecule has 0 bridgehead atoms. The molecule has 1 aromatic heterocycles. The number of phenolic OH excluding ortho intramolecular Hbond substituents is 1. The van der Waals surface area contributed by atoms with Crippen molar-refractivity contribution in [1.82, 2.24) is 4.98 Å². The van der Waals surface area contributed by atoms with Crippen molar-refractivity contribution >= 4 is 11.9 Å². The number of nitrogens with zero attached hydrogens (tertiary/aromatic N) is 1. The smallest absolute Gasteiger partial charge is 0.416 e. The first-order valence-corrected chi connectivity index (χ1v) is 10.1. The summed E-state index contributed by atoms with van der Waals surface area (Å²) in [5, 5.41) is 17.9. The molecule has 1 unspecified atom stereocenters. The van der Waals surface area contributed by atoms with Crippen molar-refractivity contribution in [2.45, 2.75) is 45.4 Å². The second-order valence-corrected chi connectivity index (χ2v) is 6.64. The summed E-state index contributed by atoms with van der Waals surface area (Å²) in [6.07, 6.45) is 1.09. The number of primary amides is 1. The third kappa shape index (κ3) is 11.7. The number of allylic oxidation sites excluding steroid dienone is 1. The van der Waals surface area contributed by atoms with E-state index in [2.05, 4.69) is 11.6 Å². The molecule has 8 nitrogen and oxygen atoms in total. The van der Waals surface area contributed by atoms with Crippen LogP contribution in [0.2, 0.25) is 0 Å². The van der Waals surface area contributed by atoms with Crippen molar-refractivity contribution in [3.63, 3.8) is 0 Å². The first kappa shape index (κ1) is 30.2. The van der Waals surface area contributed by atoms with Crippen LogP contribution in [-0.2, 0) is 15.7 Å². The molecule has 0 fully saturated rings. The molecular weight excluding hydrogens is 457 g/mol. The number of rotatable bonds is 7. The van der Waals surface area contributed by atoms with E-state index in [1.807, 2.05) is 13.0 Å². The Kier molecular flexibility index (Phi) is 13.5. The summed E-state index contributed by atoms with van der Waals surface area (Å²) in [6, 6.07) is 5.10. The third-order valence-corrected chi connectivity index (χ3v) is 3.93. The Morgan fingerprint density at radius 2 is 1.79 bits per heavy atom. The van der Waals surface area contributed by atoms with Crippen LogP contribution in [0, 0.1) is 0 Å². The zero-order chi connectivity index (χ0) is 26.3. The number of amides is 1. The largest absolute Gasteiger partial charge is 0.508 e. The van der Waals surface area contributed by atoms with E-state index in [1.165, 1.54) is 19.4 Å². The number of methoxy groups -OCH3 is 1. The highest BCUT2D eigenvalue weighted by Crippen LogP contribution is 2.30. The second kappa shape index (κ2) is 15.1. The van der Waals surface area contributed by atoms with Gasteiger partial charge in [0.25, 0.3) is 5.91 Å². The number of carbonyl (C=O) groups is 2. The van der Waals surface area contributed by atoms with Gasteiger partial charge in [0.15, 0.2) is 17.2 Å². The van der Waals surface area contributed by atoms with Crippen LogP contribution in [0.25, 0.3) is 0 Å². The summed E-state index contributed by atoms with van der Waals surface area (Å²) in [4.78, 5) is 25.0. The van der Waals surface area contributed by atoms with Gasteiger partial charge in [-0.05, 0) is 44.0 Å². The Bertz CT molecular complexity index is 918. The fourth-order valence-corrected chi connectivity index (χ4v) is 2.15. The van der Waals surface area contributed by atoms with Gasteiger partial charge in [0, 0.05) is 18.7 Å². The molecular formula is C23H29F3N2O6. The molecule has 4 N–H and O–H groups in total. The fraction of sp³-hybridized carbons (Fsp3) is 0.348. The molecule has 0 radical (unpaired) electrons.